The molecule has 0 amide bonds. The van der Waals surface area contributed by atoms with Gasteiger partial charge in [0.25, 0.3) is 5.56 Å². The molecule has 0 fully saturated rings. The van der Waals surface area contributed by atoms with Gasteiger partial charge in [0.05, 0.1) is 0 Å². The Morgan fingerprint density at radius 3 is 2.62 bits per heavy atom. The number of nitrogens with one attached hydrogen (secondary N) is 1. The van der Waals surface area contributed by atoms with Gasteiger partial charge < -0.3 is 4.98 Å². The smallest absolute Gasteiger partial charge is 0.254 e. The van der Waals surface area contributed by atoms with Gasteiger partial charge in [0.1, 0.15) is 11.6 Å². The normalized spacial score (nSPS) is 10.5. The Balaban J connectivity index is 1.93. The van der Waals surface area contributed by atoms with Crippen molar-refractivity contribution in [3.8, 4) is 11.4 Å². The van der Waals surface area contributed by atoms with Gasteiger partial charge in [-0.15, -0.1) is 0 Å². The van der Waals surface area contributed by atoms with E-state index >= 15 is 0 Å². The summed E-state index contributed by atoms with van der Waals surface area (Å²) in [5.74, 6) is 0.124. The van der Waals surface area contributed by atoms with Gasteiger partial charge in [-0.3, -0.25) is 9.78 Å². The number of halogens is 1. The van der Waals surface area contributed by atoms with E-state index < -0.39 is 0 Å². The summed E-state index contributed by atoms with van der Waals surface area (Å²) >= 11 is 0. The fourth-order valence-electron chi connectivity index (χ4n) is 2.04. The molecule has 2 heterocycles. The van der Waals surface area contributed by atoms with E-state index in [9.17, 15) is 9.18 Å². The van der Waals surface area contributed by atoms with Crippen LogP contribution in [0.2, 0.25) is 0 Å². The molecule has 0 bridgehead atoms. The van der Waals surface area contributed by atoms with Gasteiger partial charge in [0, 0.05) is 36.1 Å². The minimum absolute atomic E-state index is 0.211. The Morgan fingerprint density at radius 1 is 1.05 bits per heavy atom. The number of H-pyrrole nitrogens is 1. The topological polar surface area (TPSA) is 58.6 Å². The molecule has 0 radical (unpaired) electrons. The summed E-state index contributed by atoms with van der Waals surface area (Å²) in [6.07, 6.45) is 4.96. The number of hydrogen-bond acceptors (Lipinski definition) is 3. The zero-order chi connectivity index (χ0) is 14.7. The molecule has 0 atom stereocenters. The Hall–Kier alpha value is -2.82. The van der Waals surface area contributed by atoms with Crippen LogP contribution in [-0.4, -0.2) is 15.0 Å². The van der Waals surface area contributed by atoms with E-state index in [1.807, 2.05) is 6.07 Å². The Labute approximate surface area is 120 Å². The highest BCUT2D eigenvalue weighted by molar-refractivity contribution is 5.52. The van der Waals surface area contributed by atoms with Crippen LogP contribution in [0, 0.1) is 5.82 Å². The van der Waals surface area contributed by atoms with E-state index in [2.05, 4.69) is 15.0 Å². The molecule has 0 aliphatic heterocycles. The molecule has 5 heteroatoms. The molecule has 0 unspecified atom stereocenters. The lowest BCUT2D eigenvalue weighted by Crippen LogP contribution is -2.15. The highest BCUT2D eigenvalue weighted by atomic mass is 19.1. The van der Waals surface area contributed by atoms with Crippen molar-refractivity contribution in [2.24, 2.45) is 0 Å². The van der Waals surface area contributed by atoms with Gasteiger partial charge in [0.2, 0.25) is 0 Å². The minimum atomic E-state index is -0.326. The van der Waals surface area contributed by atoms with E-state index in [1.165, 1.54) is 12.3 Å². The van der Waals surface area contributed by atoms with Crippen molar-refractivity contribution in [2.45, 2.75) is 6.42 Å². The highest BCUT2D eigenvalue weighted by Crippen LogP contribution is 2.13. The zero-order valence-corrected chi connectivity index (χ0v) is 11.1. The molecule has 0 aliphatic carbocycles. The van der Waals surface area contributed by atoms with E-state index in [1.54, 1.807) is 36.7 Å². The van der Waals surface area contributed by atoms with E-state index in [-0.39, 0.29) is 17.8 Å². The number of pyridine rings is 1. The lowest BCUT2D eigenvalue weighted by atomic mass is 10.1. The quantitative estimate of drug-likeness (QED) is 0.802. The fraction of sp³-hybridized carbons (Fsp3) is 0.0625. The molecule has 4 nitrogen and oxygen atoms in total. The first-order chi connectivity index (χ1) is 10.2. The first kappa shape index (κ1) is 13.2. The van der Waals surface area contributed by atoms with Crippen LogP contribution in [0.25, 0.3) is 11.4 Å². The molecule has 0 aliphatic rings. The van der Waals surface area contributed by atoms with Crippen LogP contribution < -0.4 is 5.56 Å². The Morgan fingerprint density at radius 2 is 1.90 bits per heavy atom. The molecule has 1 N–H and O–H groups in total. The first-order valence-corrected chi connectivity index (χ1v) is 6.46. The van der Waals surface area contributed by atoms with Gasteiger partial charge in [0.15, 0.2) is 0 Å². The van der Waals surface area contributed by atoms with Crippen LogP contribution in [-0.2, 0) is 6.42 Å². The second-order valence-corrected chi connectivity index (χ2v) is 4.60. The predicted molar refractivity (Wildman–Crippen MR) is 77.3 cm³/mol. The van der Waals surface area contributed by atoms with Crippen molar-refractivity contribution in [3.05, 3.63) is 82.3 Å². The van der Waals surface area contributed by atoms with Crippen molar-refractivity contribution < 1.29 is 4.39 Å². The fourth-order valence-corrected chi connectivity index (χ4v) is 2.04. The van der Waals surface area contributed by atoms with Crippen molar-refractivity contribution in [2.75, 3.05) is 0 Å². The SMILES string of the molecule is O=c1[nH]c(-c2cccnc2)ncc1Cc1ccccc1F. The summed E-state index contributed by atoms with van der Waals surface area (Å²) in [6.45, 7) is 0. The van der Waals surface area contributed by atoms with Crippen molar-refractivity contribution in [3.63, 3.8) is 0 Å². The van der Waals surface area contributed by atoms with Gasteiger partial charge in [-0.25, -0.2) is 9.37 Å². The van der Waals surface area contributed by atoms with Crippen LogP contribution in [0.1, 0.15) is 11.1 Å². The lowest BCUT2D eigenvalue weighted by Gasteiger charge is -2.04. The van der Waals surface area contributed by atoms with Crippen LogP contribution in [0.5, 0.6) is 0 Å². The van der Waals surface area contributed by atoms with Crippen molar-refractivity contribution in [1.82, 2.24) is 15.0 Å². The molecule has 0 spiro atoms. The first-order valence-electron chi connectivity index (χ1n) is 6.46. The molecule has 0 saturated heterocycles. The molecule has 3 rings (SSSR count). The second kappa shape index (κ2) is 5.66. The summed E-state index contributed by atoms with van der Waals surface area (Å²) in [7, 11) is 0. The maximum Gasteiger partial charge on any atom is 0.254 e. The second-order valence-electron chi connectivity index (χ2n) is 4.60. The molecule has 21 heavy (non-hydrogen) atoms. The summed E-state index contributed by atoms with van der Waals surface area (Å²) < 4.78 is 13.6. The third-order valence-electron chi connectivity index (χ3n) is 3.15. The molecule has 1 aromatic carbocycles. The van der Waals surface area contributed by atoms with Gasteiger partial charge >= 0.3 is 0 Å². The Kier molecular flexibility index (Phi) is 3.55. The lowest BCUT2D eigenvalue weighted by molar-refractivity contribution is 0.613. The van der Waals surface area contributed by atoms with E-state index in [0.29, 0.717) is 17.0 Å². The average Bonchev–Trinajstić information content (AvgIpc) is 2.52. The summed E-state index contributed by atoms with van der Waals surface area (Å²) in [5.41, 5.74) is 1.35. The number of rotatable bonds is 3. The molecular formula is C16H12FN3O. The third-order valence-corrected chi connectivity index (χ3v) is 3.15. The van der Waals surface area contributed by atoms with Crippen LogP contribution in [0.15, 0.2) is 59.8 Å². The van der Waals surface area contributed by atoms with Crippen molar-refractivity contribution >= 4 is 0 Å². The predicted octanol–water partition coefficient (Wildman–Crippen LogP) is 2.56. The van der Waals surface area contributed by atoms with Gasteiger partial charge in [-0.05, 0) is 23.8 Å². The van der Waals surface area contributed by atoms with E-state index in [0.717, 1.165) is 5.56 Å². The summed E-state index contributed by atoms with van der Waals surface area (Å²) in [5, 5.41) is 0. The van der Waals surface area contributed by atoms with Gasteiger partial charge in [-0.1, -0.05) is 18.2 Å². The highest BCUT2D eigenvalue weighted by Gasteiger charge is 2.08. The third kappa shape index (κ3) is 2.86. The number of aromatic amines is 1. The monoisotopic (exact) mass is 281 g/mol. The number of hydrogen-bond donors (Lipinski definition) is 1. The zero-order valence-electron chi connectivity index (χ0n) is 11.1. The average molecular weight is 281 g/mol. The minimum Gasteiger partial charge on any atom is -0.306 e. The summed E-state index contributed by atoms with van der Waals surface area (Å²) in [6, 6.07) is 9.96. The molecular weight excluding hydrogens is 269 g/mol. The molecule has 2 aromatic heterocycles. The number of benzene rings is 1. The standard InChI is InChI=1S/C16H12FN3O/c17-14-6-2-1-4-11(14)8-13-10-19-15(20-16(13)21)12-5-3-7-18-9-12/h1-7,9-10H,8H2,(H,19,20,21). The molecule has 104 valence electrons. The Bertz CT molecular complexity index is 815. The number of nitrogens with zero attached hydrogens (tertiary/aromatic N) is 2. The summed E-state index contributed by atoms with van der Waals surface area (Å²) in [4.78, 5) is 23.0. The molecule has 0 saturated carbocycles. The van der Waals surface area contributed by atoms with Crippen molar-refractivity contribution in [1.29, 1.82) is 0 Å². The maximum atomic E-state index is 13.6. The largest absolute Gasteiger partial charge is 0.306 e. The maximum absolute atomic E-state index is 13.6. The van der Waals surface area contributed by atoms with Crippen LogP contribution in [0.3, 0.4) is 0 Å². The van der Waals surface area contributed by atoms with Crippen LogP contribution >= 0.6 is 0 Å². The van der Waals surface area contributed by atoms with Crippen LogP contribution in [0.4, 0.5) is 4.39 Å². The van der Waals surface area contributed by atoms with E-state index in [4.69, 9.17) is 0 Å². The number of aromatic nitrogens is 3. The molecule has 3 aromatic rings. The van der Waals surface area contributed by atoms with Gasteiger partial charge in [-0.2, -0.15) is 0 Å².